The molecule has 0 spiro atoms. The lowest BCUT2D eigenvalue weighted by molar-refractivity contribution is -0.131. The SMILES string of the molecule is CCCCCCCCCN(CC=O)CCCCCCCCC.CCCCCCCCCN(CCCCCCCCC)CCN(CCCCCCCCC)CC(=O)N(C)CCN(C)C. The summed E-state index contributed by atoms with van der Waals surface area (Å²) in [5.41, 5.74) is 0. The van der Waals surface area contributed by atoms with E-state index in [4.69, 9.17) is 0 Å². The van der Waals surface area contributed by atoms with Crippen molar-refractivity contribution in [2.75, 3.05) is 93.1 Å². The van der Waals surface area contributed by atoms with Crippen molar-refractivity contribution >= 4 is 12.2 Å². The predicted octanol–water partition coefficient (Wildman–Crippen LogP) is 14.9. The fraction of sp³-hybridized carbons (Fsp3) is 0.964. The highest BCUT2D eigenvalue weighted by atomic mass is 16.2. The predicted molar refractivity (Wildman–Crippen MR) is 282 cm³/mol. The van der Waals surface area contributed by atoms with Crippen LogP contribution in [0.15, 0.2) is 0 Å². The zero-order chi connectivity index (χ0) is 46.7. The summed E-state index contributed by atoms with van der Waals surface area (Å²) in [6.45, 7) is 22.2. The molecule has 7 heteroatoms. The van der Waals surface area contributed by atoms with Crippen LogP contribution in [0.5, 0.6) is 0 Å². The number of unbranched alkanes of at least 4 members (excludes halogenated alkanes) is 30. The molecule has 63 heavy (non-hydrogen) atoms. The van der Waals surface area contributed by atoms with Gasteiger partial charge in [-0.3, -0.25) is 14.6 Å². The van der Waals surface area contributed by atoms with E-state index in [2.05, 4.69) is 68.3 Å². The largest absolute Gasteiger partial charge is 0.343 e. The molecule has 0 aliphatic carbocycles. The van der Waals surface area contributed by atoms with E-state index in [1.54, 1.807) is 0 Å². The van der Waals surface area contributed by atoms with Crippen LogP contribution in [0.2, 0.25) is 0 Å². The third-order valence-corrected chi connectivity index (χ3v) is 13.1. The maximum Gasteiger partial charge on any atom is 0.236 e. The third-order valence-electron chi connectivity index (χ3n) is 13.1. The Morgan fingerprint density at radius 1 is 0.317 bits per heavy atom. The summed E-state index contributed by atoms with van der Waals surface area (Å²) in [4.78, 5) is 35.6. The Balaban J connectivity index is 0. The van der Waals surface area contributed by atoms with Crippen LogP contribution in [0.4, 0.5) is 0 Å². The third kappa shape index (κ3) is 50.2. The van der Waals surface area contributed by atoms with Gasteiger partial charge in [0.15, 0.2) is 0 Å². The van der Waals surface area contributed by atoms with Gasteiger partial charge in [-0.2, -0.15) is 0 Å². The summed E-state index contributed by atoms with van der Waals surface area (Å²) in [5, 5.41) is 0. The van der Waals surface area contributed by atoms with Crippen molar-refractivity contribution in [2.45, 2.75) is 259 Å². The van der Waals surface area contributed by atoms with Gasteiger partial charge in [0.2, 0.25) is 5.91 Å². The first-order valence-corrected chi connectivity index (χ1v) is 28.3. The van der Waals surface area contributed by atoms with Crippen molar-refractivity contribution in [2.24, 2.45) is 0 Å². The summed E-state index contributed by atoms with van der Waals surface area (Å²) in [6, 6.07) is 0. The van der Waals surface area contributed by atoms with Crippen molar-refractivity contribution < 1.29 is 9.59 Å². The molecule has 0 N–H and O–H groups in total. The van der Waals surface area contributed by atoms with Crippen LogP contribution in [-0.2, 0) is 9.59 Å². The normalized spacial score (nSPS) is 11.6. The molecule has 0 aliphatic rings. The van der Waals surface area contributed by atoms with Gasteiger partial charge in [-0.1, -0.05) is 227 Å². The van der Waals surface area contributed by atoms with E-state index < -0.39 is 0 Å². The lowest BCUT2D eigenvalue weighted by Crippen LogP contribution is -2.44. The van der Waals surface area contributed by atoms with Gasteiger partial charge in [-0.05, 0) is 78.9 Å². The zero-order valence-electron chi connectivity index (χ0n) is 44.7. The van der Waals surface area contributed by atoms with Crippen molar-refractivity contribution in [3.63, 3.8) is 0 Å². The summed E-state index contributed by atoms with van der Waals surface area (Å²) in [5.74, 6) is 0.278. The number of hydrogen-bond acceptors (Lipinski definition) is 6. The number of nitrogens with zero attached hydrogens (tertiary/aromatic N) is 5. The number of likely N-dealkylation sites (N-methyl/N-ethyl adjacent to an activating group) is 2. The molecule has 0 unspecified atom stereocenters. The standard InChI is InChI=1S/C36H76N4O.C20H41NO/c1-7-10-13-16-19-22-25-28-39(29-26-23-20-17-14-11-8-2)33-34-40(30-27-24-21-18-15-12-9-3)35-36(41)38(6)32-31-37(4)5;1-3-5-7-9-11-13-15-17-21(19-20-22)18-16-14-12-10-8-6-4-2/h7-35H2,1-6H3;20H,3-19H2,1-2H3. The second kappa shape index (κ2) is 53.6. The highest BCUT2D eigenvalue weighted by molar-refractivity contribution is 5.78. The quantitative estimate of drug-likeness (QED) is 0.0448. The second-order valence-electron chi connectivity index (χ2n) is 19.8. The molecule has 378 valence electrons. The molecule has 0 radical (unpaired) electrons. The first-order valence-electron chi connectivity index (χ1n) is 28.3. The van der Waals surface area contributed by atoms with Gasteiger partial charge in [0, 0.05) is 33.2 Å². The number of rotatable bonds is 50. The molecule has 0 heterocycles. The van der Waals surface area contributed by atoms with Crippen LogP contribution in [0.25, 0.3) is 0 Å². The van der Waals surface area contributed by atoms with Crippen molar-refractivity contribution in [1.82, 2.24) is 24.5 Å². The minimum atomic E-state index is 0.278. The van der Waals surface area contributed by atoms with E-state index in [9.17, 15) is 9.59 Å². The van der Waals surface area contributed by atoms with E-state index in [1.165, 1.54) is 238 Å². The molecule has 0 aromatic rings. The molecular weight excluding hydrogens is 775 g/mol. The Morgan fingerprint density at radius 3 is 0.889 bits per heavy atom. The summed E-state index contributed by atoms with van der Waals surface area (Å²) in [7, 11) is 6.14. The van der Waals surface area contributed by atoms with Gasteiger partial charge < -0.3 is 19.5 Å². The molecule has 0 rings (SSSR count). The Morgan fingerprint density at radius 2 is 0.587 bits per heavy atom. The van der Waals surface area contributed by atoms with Gasteiger partial charge >= 0.3 is 0 Å². The molecule has 0 bridgehead atoms. The Kier molecular flexibility index (Phi) is 54.5. The van der Waals surface area contributed by atoms with Crippen molar-refractivity contribution in [1.29, 1.82) is 0 Å². The minimum Gasteiger partial charge on any atom is -0.343 e. The summed E-state index contributed by atoms with van der Waals surface area (Å²) in [6.07, 6.45) is 48.5. The molecule has 0 saturated carbocycles. The van der Waals surface area contributed by atoms with E-state index in [1.807, 2.05) is 11.9 Å². The summed E-state index contributed by atoms with van der Waals surface area (Å²) >= 11 is 0. The van der Waals surface area contributed by atoms with E-state index in [-0.39, 0.29) is 5.91 Å². The Bertz CT molecular complexity index is 852. The summed E-state index contributed by atoms with van der Waals surface area (Å²) < 4.78 is 0. The second-order valence-corrected chi connectivity index (χ2v) is 19.8. The Labute approximate surface area is 397 Å². The number of carbonyl (C=O) groups excluding carboxylic acids is 2. The van der Waals surface area contributed by atoms with Crippen molar-refractivity contribution in [3.8, 4) is 0 Å². The molecular formula is C56H117N5O2. The van der Waals surface area contributed by atoms with E-state index >= 15 is 0 Å². The molecule has 0 aromatic carbocycles. The molecule has 0 aromatic heterocycles. The highest BCUT2D eigenvalue weighted by Crippen LogP contribution is 2.13. The van der Waals surface area contributed by atoms with Crippen LogP contribution >= 0.6 is 0 Å². The maximum absolute atomic E-state index is 13.1. The number of aldehydes is 1. The maximum atomic E-state index is 13.1. The zero-order valence-corrected chi connectivity index (χ0v) is 44.7. The van der Waals surface area contributed by atoms with Gasteiger partial charge in [0.05, 0.1) is 13.1 Å². The van der Waals surface area contributed by atoms with Crippen molar-refractivity contribution in [3.05, 3.63) is 0 Å². The van der Waals surface area contributed by atoms with Crippen LogP contribution < -0.4 is 0 Å². The average Bonchev–Trinajstić information content (AvgIpc) is 3.27. The monoisotopic (exact) mass is 892 g/mol. The van der Waals surface area contributed by atoms with Crippen LogP contribution in [0, 0.1) is 0 Å². The van der Waals surface area contributed by atoms with Gasteiger partial charge in [-0.15, -0.1) is 0 Å². The molecule has 0 atom stereocenters. The first-order chi connectivity index (χ1) is 30.8. The van der Waals surface area contributed by atoms with Gasteiger partial charge in [0.1, 0.15) is 6.29 Å². The topological polar surface area (TPSA) is 50.3 Å². The lowest BCUT2D eigenvalue weighted by Gasteiger charge is -2.29. The van der Waals surface area contributed by atoms with Crippen LogP contribution in [-0.4, -0.2) is 130 Å². The van der Waals surface area contributed by atoms with Crippen LogP contribution in [0.1, 0.15) is 259 Å². The van der Waals surface area contributed by atoms with E-state index in [0.717, 1.165) is 52.1 Å². The molecule has 0 saturated heterocycles. The smallest absolute Gasteiger partial charge is 0.236 e. The molecule has 7 nitrogen and oxygen atoms in total. The fourth-order valence-electron chi connectivity index (χ4n) is 8.54. The molecule has 0 aliphatic heterocycles. The molecule has 1 amide bonds. The molecule has 0 fully saturated rings. The number of hydrogen-bond donors (Lipinski definition) is 0. The number of amides is 1. The highest BCUT2D eigenvalue weighted by Gasteiger charge is 2.16. The van der Waals surface area contributed by atoms with Crippen LogP contribution in [0.3, 0.4) is 0 Å². The van der Waals surface area contributed by atoms with Gasteiger partial charge in [-0.25, -0.2) is 0 Å². The average molecular weight is 893 g/mol. The van der Waals surface area contributed by atoms with E-state index in [0.29, 0.717) is 13.1 Å². The fourth-order valence-corrected chi connectivity index (χ4v) is 8.54. The number of carbonyl (C=O) groups is 2. The minimum absolute atomic E-state index is 0.278. The van der Waals surface area contributed by atoms with Gasteiger partial charge in [0.25, 0.3) is 0 Å². The first kappa shape index (κ1) is 64.1. The Hall–Kier alpha value is -1.02. The lowest BCUT2D eigenvalue weighted by atomic mass is 10.1.